The molecule has 0 saturated heterocycles. The fourth-order valence-corrected chi connectivity index (χ4v) is 1.54. The van der Waals surface area contributed by atoms with Gasteiger partial charge in [0, 0.05) is 11.8 Å². The van der Waals surface area contributed by atoms with E-state index in [4.69, 9.17) is 0 Å². The lowest BCUT2D eigenvalue weighted by Gasteiger charge is -2.04. The molecule has 2 rings (SSSR count). The molecule has 0 spiro atoms. The summed E-state index contributed by atoms with van der Waals surface area (Å²) in [6.45, 7) is 6.31. The van der Waals surface area contributed by atoms with Crippen molar-refractivity contribution in [1.29, 1.82) is 0 Å². The zero-order chi connectivity index (χ0) is 10.8. The first-order valence-electron chi connectivity index (χ1n) is 5.17. The number of benzene rings is 1. The molecule has 0 N–H and O–H groups in total. The van der Waals surface area contributed by atoms with Crippen molar-refractivity contribution in [2.24, 2.45) is 0 Å². The van der Waals surface area contributed by atoms with E-state index >= 15 is 0 Å². The van der Waals surface area contributed by atoms with Crippen molar-refractivity contribution in [3.8, 4) is 11.3 Å². The predicted octanol–water partition coefficient (Wildman–Crippen LogP) is 3.67. The Kier molecular flexibility index (Phi) is 2.55. The zero-order valence-electron chi connectivity index (χ0n) is 9.41. The van der Waals surface area contributed by atoms with Crippen LogP contribution in [0.1, 0.15) is 16.7 Å². The first-order valence-corrected chi connectivity index (χ1v) is 5.17. The van der Waals surface area contributed by atoms with Crippen LogP contribution in [0.5, 0.6) is 0 Å². The molecule has 1 aromatic heterocycles. The minimum atomic E-state index is 1.05. The molecule has 0 aliphatic carbocycles. The Balaban J connectivity index is 2.45. The third-order valence-corrected chi connectivity index (χ3v) is 2.71. The maximum absolute atomic E-state index is 4.42. The van der Waals surface area contributed by atoms with Gasteiger partial charge in [-0.1, -0.05) is 18.2 Å². The minimum absolute atomic E-state index is 1.05. The Bertz CT molecular complexity index is 469. The number of rotatable bonds is 1. The van der Waals surface area contributed by atoms with Crippen LogP contribution in [0.2, 0.25) is 0 Å². The molecule has 0 saturated carbocycles. The number of hydrogen-bond acceptors (Lipinski definition) is 1. The van der Waals surface area contributed by atoms with E-state index in [2.05, 4.69) is 56.1 Å². The van der Waals surface area contributed by atoms with Crippen molar-refractivity contribution in [2.75, 3.05) is 0 Å². The van der Waals surface area contributed by atoms with Gasteiger partial charge in [-0.25, -0.2) is 0 Å². The van der Waals surface area contributed by atoms with Crippen LogP contribution >= 0.6 is 0 Å². The number of nitrogens with zero attached hydrogens (tertiary/aromatic N) is 1. The molecule has 0 atom stereocenters. The maximum Gasteiger partial charge on any atom is 0.0702 e. The van der Waals surface area contributed by atoms with Crippen LogP contribution in [0.15, 0.2) is 36.5 Å². The number of hydrogen-bond donors (Lipinski definition) is 0. The molecule has 1 heterocycles. The molecular weight excluding hydrogens is 182 g/mol. The number of aromatic nitrogens is 1. The topological polar surface area (TPSA) is 12.9 Å². The van der Waals surface area contributed by atoms with Gasteiger partial charge in [0.1, 0.15) is 0 Å². The normalized spacial score (nSPS) is 10.3. The highest BCUT2D eigenvalue weighted by Gasteiger charge is 2.00. The Labute approximate surface area is 90.8 Å². The second-order valence-electron chi connectivity index (χ2n) is 4.02. The second kappa shape index (κ2) is 3.85. The lowest BCUT2D eigenvalue weighted by molar-refractivity contribution is 1.26. The highest BCUT2D eigenvalue weighted by atomic mass is 14.7. The van der Waals surface area contributed by atoms with Crippen LogP contribution in [0, 0.1) is 20.8 Å². The summed E-state index contributed by atoms with van der Waals surface area (Å²) in [5.41, 5.74) is 6.07. The summed E-state index contributed by atoms with van der Waals surface area (Å²) in [5, 5.41) is 0. The van der Waals surface area contributed by atoms with Crippen LogP contribution in [-0.4, -0.2) is 4.98 Å². The number of pyridine rings is 1. The average Bonchev–Trinajstić information content (AvgIpc) is 2.23. The monoisotopic (exact) mass is 197 g/mol. The highest BCUT2D eigenvalue weighted by Crippen LogP contribution is 2.20. The summed E-state index contributed by atoms with van der Waals surface area (Å²) >= 11 is 0. The van der Waals surface area contributed by atoms with E-state index < -0.39 is 0 Å². The van der Waals surface area contributed by atoms with Crippen molar-refractivity contribution in [2.45, 2.75) is 20.8 Å². The number of aryl methyl sites for hydroxylation is 3. The molecule has 76 valence electrons. The summed E-state index contributed by atoms with van der Waals surface area (Å²) in [4.78, 5) is 4.42. The molecule has 0 amide bonds. The second-order valence-corrected chi connectivity index (χ2v) is 4.02. The summed E-state index contributed by atoms with van der Waals surface area (Å²) in [7, 11) is 0. The SMILES string of the molecule is Cc1ccc(-c2ccc(C)c(C)c2)nc1. The molecule has 1 nitrogen and oxygen atoms in total. The Morgan fingerprint density at radius 1 is 0.867 bits per heavy atom. The van der Waals surface area contributed by atoms with E-state index in [9.17, 15) is 0 Å². The molecule has 2 aromatic rings. The van der Waals surface area contributed by atoms with Gasteiger partial charge < -0.3 is 0 Å². The highest BCUT2D eigenvalue weighted by molar-refractivity contribution is 5.60. The van der Waals surface area contributed by atoms with Crippen molar-refractivity contribution < 1.29 is 0 Å². The van der Waals surface area contributed by atoms with Gasteiger partial charge in [-0.15, -0.1) is 0 Å². The smallest absolute Gasteiger partial charge is 0.0702 e. The molecule has 15 heavy (non-hydrogen) atoms. The summed E-state index contributed by atoms with van der Waals surface area (Å²) < 4.78 is 0. The van der Waals surface area contributed by atoms with Gasteiger partial charge in [0.15, 0.2) is 0 Å². The van der Waals surface area contributed by atoms with Crippen molar-refractivity contribution >= 4 is 0 Å². The molecular formula is C14H15N. The first kappa shape index (κ1) is 9.91. The minimum Gasteiger partial charge on any atom is -0.256 e. The van der Waals surface area contributed by atoms with Gasteiger partial charge in [0.05, 0.1) is 5.69 Å². The van der Waals surface area contributed by atoms with E-state index in [0.717, 1.165) is 5.69 Å². The molecule has 0 fully saturated rings. The predicted molar refractivity (Wildman–Crippen MR) is 63.9 cm³/mol. The van der Waals surface area contributed by atoms with Crippen LogP contribution in [-0.2, 0) is 0 Å². The van der Waals surface area contributed by atoms with Crippen LogP contribution in [0.25, 0.3) is 11.3 Å². The summed E-state index contributed by atoms with van der Waals surface area (Å²) in [6.07, 6.45) is 1.91. The van der Waals surface area contributed by atoms with Gasteiger partial charge in [-0.05, 0) is 49.6 Å². The zero-order valence-corrected chi connectivity index (χ0v) is 9.41. The van der Waals surface area contributed by atoms with Crippen LogP contribution in [0.3, 0.4) is 0 Å². The van der Waals surface area contributed by atoms with Gasteiger partial charge in [-0.2, -0.15) is 0 Å². The van der Waals surface area contributed by atoms with E-state index in [-0.39, 0.29) is 0 Å². The van der Waals surface area contributed by atoms with Gasteiger partial charge in [-0.3, -0.25) is 4.98 Å². The van der Waals surface area contributed by atoms with Crippen LogP contribution in [0.4, 0.5) is 0 Å². The Morgan fingerprint density at radius 3 is 2.27 bits per heavy atom. The van der Waals surface area contributed by atoms with E-state index in [0.29, 0.717) is 0 Å². The lowest BCUT2D eigenvalue weighted by Crippen LogP contribution is -1.86. The molecule has 0 unspecified atom stereocenters. The Morgan fingerprint density at radius 2 is 1.67 bits per heavy atom. The molecule has 0 aliphatic heterocycles. The van der Waals surface area contributed by atoms with Crippen LogP contribution < -0.4 is 0 Å². The molecule has 1 aromatic carbocycles. The van der Waals surface area contributed by atoms with E-state index in [1.807, 2.05) is 6.20 Å². The Hall–Kier alpha value is -1.63. The van der Waals surface area contributed by atoms with Crippen molar-refractivity contribution in [1.82, 2.24) is 4.98 Å². The third kappa shape index (κ3) is 2.07. The third-order valence-electron chi connectivity index (χ3n) is 2.71. The quantitative estimate of drug-likeness (QED) is 0.679. The fraction of sp³-hybridized carbons (Fsp3) is 0.214. The maximum atomic E-state index is 4.42. The van der Waals surface area contributed by atoms with E-state index in [1.54, 1.807) is 0 Å². The first-order chi connectivity index (χ1) is 7.16. The summed E-state index contributed by atoms with van der Waals surface area (Å²) in [6, 6.07) is 10.6. The molecule has 0 radical (unpaired) electrons. The van der Waals surface area contributed by atoms with Gasteiger partial charge in [0.2, 0.25) is 0 Å². The van der Waals surface area contributed by atoms with Crippen molar-refractivity contribution in [3.63, 3.8) is 0 Å². The van der Waals surface area contributed by atoms with E-state index in [1.165, 1.54) is 22.3 Å². The van der Waals surface area contributed by atoms with Gasteiger partial charge in [0.25, 0.3) is 0 Å². The fourth-order valence-electron chi connectivity index (χ4n) is 1.54. The van der Waals surface area contributed by atoms with Gasteiger partial charge >= 0.3 is 0 Å². The molecule has 0 aliphatic rings. The lowest BCUT2D eigenvalue weighted by atomic mass is 10.0. The molecule has 0 bridgehead atoms. The largest absolute Gasteiger partial charge is 0.256 e. The van der Waals surface area contributed by atoms with Crippen molar-refractivity contribution in [3.05, 3.63) is 53.2 Å². The average molecular weight is 197 g/mol. The standard InChI is InChI=1S/C14H15N/c1-10-4-7-14(15-9-10)13-6-5-11(2)12(3)8-13/h4-9H,1-3H3. The molecule has 1 heteroatoms. The summed E-state index contributed by atoms with van der Waals surface area (Å²) in [5.74, 6) is 0.